The van der Waals surface area contributed by atoms with Gasteiger partial charge in [-0.2, -0.15) is 0 Å². The van der Waals surface area contributed by atoms with Gasteiger partial charge in [-0.15, -0.1) is 0 Å². The zero-order chi connectivity index (χ0) is 21.0. The van der Waals surface area contributed by atoms with Gasteiger partial charge in [-0.25, -0.2) is 0 Å². The van der Waals surface area contributed by atoms with Crippen LogP contribution in [0.25, 0.3) is 0 Å². The first-order valence-electron chi connectivity index (χ1n) is 14.8. The largest absolute Gasteiger partial charge is 0.0654 e. The highest BCUT2D eigenvalue weighted by Gasteiger charge is 2.29. The van der Waals surface area contributed by atoms with Gasteiger partial charge in [0.1, 0.15) is 0 Å². The Morgan fingerprint density at radius 3 is 0.900 bits per heavy atom. The standard InChI is InChI=1S/C30H56/c1-3-5-7-9-25-11-15-27(16-12-25)23-29-19-21-30(22-20-29)24-28-17-13-26(14-18-28)10-8-6-4-2/h25-30H,3-24H2,1-2H3/t25-,26-,27-,28-,29-,30-. The van der Waals surface area contributed by atoms with Crippen LogP contribution in [0.2, 0.25) is 0 Å². The highest BCUT2D eigenvalue weighted by atomic mass is 14.3. The van der Waals surface area contributed by atoms with E-state index < -0.39 is 0 Å². The molecule has 0 aromatic rings. The van der Waals surface area contributed by atoms with E-state index in [0.29, 0.717) is 0 Å². The van der Waals surface area contributed by atoms with Crippen LogP contribution in [-0.2, 0) is 0 Å². The Hall–Kier alpha value is 0. The molecule has 0 heteroatoms. The molecule has 0 atom stereocenters. The first-order chi connectivity index (χ1) is 14.8. The zero-order valence-corrected chi connectivity index (χ0v) is 21.0. The van der Waals surface area contributed by atoms with Gasteiger partial charge < -0.3 is 0 Å². The van der Waals surface area contributed by atoms with Crippen LogP contribution in [-0.4, -0.2) is 0 Å². The van der Waals surface area contributed by atoms with Crippen molar-refractivity contribution in [3.05, 3.63) is 0 Å². The molecule has 3 fully saturated rings. The molecule has 0 spiro atoms. The fourth-order valence-corrected chi connectivity index (χ4v) is 7.52. The van der Waals surface area contributed by atoms with Gasteiger partial charge in [-0.1, -0.05) is 142 Å². The third-order valence-corrected chi connectivity index (χ3v) is 9.66. The highest BCUT2D eigenvalue weighted by molar-refractivity contribution is 4.81. The summed E-state index contributed by atoms with van der Waals surface area (Å²) in [5, 5.41) is 0. The van der Waals surface area contributed by atoms with E-state index in [1.165, 1.54) is 51.4 Å². The van der Waals surface area contributed by atoms with Crippen LogP contribution < -0.4 is 0 Å². The average molecular weight is 417 g/mol. The van der Waals surface area contributed by atoms with Crippen LogP contribution in [0.15, 0.2) is 0 Å². The molecule has 30 heavy (non-hydrogen) atoms. The summed E-state index contributed by atoms with van der Waals surface area (Å²) in [5.74, 6) is 6.55. The van der Waals surface area contributed by atoms with E-state index >= 15 is 0 Å². The quantitative estimate of drug-likeness (QED) is 0.277. The lowest BCUT2D eigenvalue weighted by atomic mass is 9.70. The van der Waals surface area contributed by atoms with Crippen molar-refractivity contribution in [3.8, 4) is 0 Å². The topological polar surface area (TPSA) is 0 Å². The Morgan fingerprint density at radius 1 is 0.367 bits per heavy atom. The van der Waals surface area contributed by atoms with E-state index in [1.807, 2.05) is 0 Å². The summed E-state index contributed by atoms with van der Waals surface area (Å²) < 4.78 is 0. The van der Waals surface area contributed by atoms with Gasteiger partial charge in [-0.3, -0.25) is 0 Å². The molecule has 0 aromatic heterocycles. The Labute approximate surface area is 190 Å². The second kappa shape index (κ2) is 14.2. The van der Waals surface area contributed by atoms with Gasteiger partial charge in [0.2, 0.25) is 0 Å². The van der Waals surface area contributed by atoms with E-state index in [4.69, 9.17) is 0 Å². The molecule has 0 aromatic carbocycles. The van der Waals surface area contributed by atoms with Gasteiger partial charge in [0.25, 0.3) is 0 Å². The average Bonchev–Trinajstić information content (AvgIpc) is 2.78. The molecule has 0 nitrogen and oxygen atoms in total. The number of unbranched alkanes of at least 4 members (excludes halogenated alkanes) is 4. The van der Waals surface area contributed by atoms with Crippen LogP contribution >= 0.6 is 0 Å². The van der Waals surface area contributed by atoms with Gasteiger partial charge in [-0.05, 0) is 48.3 Å². The van der Waals surface area contributed by atoms with Gasteiger partial charge in [0.05, 0.1) is 0 Å². The van der Waals surface area contributed by atoms with Crippen LogP contribution in [0.4, 0.5) is 0 Å². The monoisotopic (exact) mass is 416 g/mol. The summed E-state index contributed by atoms with van der Waals surface area (Å²) in [4.78, 5) is 0. The first kappa shape index (κ1) is 24.6. The van der Waals surface area contributed by atoms with Crippen molar-refractivity contribution < 1.29 is 0 Å². The van der Waals surface area contributed by atoms with Crippen molar-refractivity contribution in [3.63, 3.8) is 0 Å². The van der Waals surface area contributed by atoms with Crippen LogP contribution in [0.5, 0.6) is 0 Å². The molecule has 0 unspecified atom stereocenters. The second-order valence-corrected chi connectivity index (χ2v) is 12.1. The summed E-state index contributed by atoms with van der Waals surface area (Å²) in [7, 11) is 0. The predicted octanol–water partition coefficient (Wildman–Crippen LogP) is 10.3. The van der Waals surface area contributed by atoms with Gasteiger partial charge in [0.15, 0.2) is 0 Å². The highest BCUT2D eigenvalue weighted by Crippen LogP contribution is 2.42. The summed E-state index contributed by atoms with van der Waals surface area (Å²) in [6.07, 6.45) is 33.8. The van der Waals surface area contributed by atoms with E-state index in [9.17, 15) is 0 Å². The maximum atomic E-state index is 2.34. The normalized spacial score (nSPS) is 35.4. The smallest absolute Gasteiger partial charge is 0.0411 e. The predicted molar refractivity (Wildman–Crippen MR) is 134 cm³/mol. The Kier molecular flexibility index (Phi) is 11.7. The van der Waals surface area contributed by atoms with Crippen LogP contribution in [0.1, 0.15) is 155 Å². The lowest BCUT2D eigenvalue weighted by Crippen LogP contribution is -2.23. The fraction of sp³-hybridized carbons (Fsp3) is 1.00. The molecule has 0 saturated heterocycles. The second-order valence-electron chi connectivity index (χ2n) is 12.1. The SMILES string of the molecule is CCCCC[C@H]1CC[C@H](C[C@H]2CC[C@H](C[C@H]3CC[C@H](CCCCC)CC3)CC2)CC1. The zero-order valence-electron chi connectivity index (χ0n) is 21.0. The molecule has 0 aliphatic heterocycles. The van der Waals surface area contributed by atoms with Crippen molar-refractivity contribution >= 4 is 0 Å². The molecule has 3 aliphatic rings. The minimum atomic E-state index is 1.09. The molecular formula is C30H56. The maximum absolute atomic E-state index is 2.34. The maximum Gasteiger partial charge on any atom is -0.0411 e. The molecule has 3 saturated carbocycles. The van der Waals surface area contributed by atoms with Crippen molar-refractivity contribution in [1.29, 1.82) is 0 Å². The molecule has 0 N–H and O–H groups in total. The summed E-state index contributed by atoms with van der Waals surface area (Å²) in [5.41, 5.74) is 0. The molecule has 3 rings (SSSR count). The van der Waals surface area contributed by atoms with E-state index in [1.54, 1.807) is 89.9 Å². The molecule has 0 radical (unpaired) electrons. The molecule has 3 aliphatic carbocycles. The summed E-state index contributed by atoms with van der Waals surface area (Å²) in [6, 6.07) is 0. The molecule has 176 valence electrons. The van der Waals surface area contributed by atoms with Gasteiger partial charge in [0, 0.05) is 0 Å². The summed E-state index contributed by atoms with van der Waals surface area (Å²) >= 11 is 0. The first-order valence-corrected chi connectivity index (χ1v) is 14.8. The minimum Gasteiger partial charge on any atom is -0.0654 e. The Morgan fingerprint density at radius 2 is 0.633 bits per heavy atom. The molecule has 0 bridgehead atoms. The third kappa shape index (κ3) is 8.86. The van der Waals surface area contributed by atoms with Crippen molar-refractivity contribution in [2.45, 2.75) is 155 Å². The number of rotatable bonds is 12. The molecular weight excluding hydrogens is 360 g/mol. The van der Waals surface area contributed by atoms with Crippen LogP contribution in [0, 0.1) is 35.5 Å². The van der Waals surface area contributed by atoms with E-state index in [-0.39, 0.29) is 0 Å². The Bertz CT molecular complexity index is 362. The Balaban J connectivity index is 1.23. The van der Waals surface area contributed by atoms with Crippen molar-refractivity contribution in [2.24, 2.45) is 35.5 Å². The number of hydrogen-bond acceptors (Lipinski definition) is 0. The fourth-order valence-electron chi connectivity index (χ4n) is 7.52. The van der Waals surface area contributed by atoms with E-state index in [2.05, 4.69) is 13.8 Å². The molecule has 0 amide bonds. The minimum absolute atomic E-state index is 1.09. The van der Waals surface area contributed by atoms with Crippen molar-refractivity contribution in [1.82, 2.24) is 0 Å². The lowest BCUT2D eigenvalue weighted by Gasteiger charge is -2.36. The lowest BCUT2D eigenvalue weighted by molar-refractivity contribution is 0.161. The van der Waals surface area contributed by atoms with Gasteiger partial charge >= 0.3 is 0 Å². The summed E-state index contributed by atoms with van der Waals surface area (Å²) in [6.45, 7) is 4.68. The number of hydrogen-bond donors (Lipinski definition) is 0. The van der Waals surface area contributed by atoms with E-state index in [0.717, 1.165) is 35.5 Å². The third-order valence-electron chi connectivity index (χ3n) is 9.66. The molecule has 0 heterocycles. The van der Waals surface area contributed by atoms with Crippen molar-refractivity contribution in [2.75, 3.05) is 0 Å². The van der Waals surface area contributed by atoms with Crippen LogP contribution in [0.3, 0.4) is 0 Å².